The fourth-order valence-corrected chi connectivity index (χ4v) is 7.39. The Morgan fingerprint density at radius 2 is 1.09 bits per heavy atom. The molecule has 0 aliphatic rings. The molecule has 10 amide bonds. The highest BCUT2D eigenvalue weighted by molar-refractivity contribution is 5.98. The van der Waals surface area contributed by atoms with E-state index in [1.54, 1.807) is 44.2 Å². The molecule has 20 N–H and O–H groups in total. The molecular weight excluding hydrogens is 993 g/mol. The first-order valence-electron chi connectivity index (χ1n) is 24.8. The van der Waals surface area contributed by atoms with Crippen molar-refractivity contribution in [3.05, 3.63) is 54.1 Å². The quantitative estimate of drug-likeness (QED) is 0.0177. The standard InChI is InChI=1S/C48H76N16O12/c1-25(2)18-30(49)41(69)56-23-39(67)59-35(20-28-10-7-6-8-11-28)46(74)62-32(13-15-37(50)65)42(70)58-27(5)40(68)63-34(19-26(3)4)45(73)60-31(12-9-17-55-48(52)53)43(71)61-33(14-16-38(51)66)44(72)64-36(47(75)76)21-29-22-54-24-57-29/h6-8,10-11,22,24-27,30-36H,9,12-21,23,49H2,1-5H3,(H2,50,65)(H2,51,66)(H,54,57)(H,56,69)(H,58,70)(H,59,67)(H,60,73)(H,61,71)(H,62,74)(H,63,68)(H,64,72)(H,75,76)(H4,52,53,55)/t27-,30-,31-,32-,33-,34-,35-,36-/m0/s1. The van der Waals surface area contributed by atoms with E-state index in [1.807, 2.05) is 13.8 Å². The molecule has 0 radical (unpaired) electrons. The number of aromatic amines is 1. The number of hydrogen-bond acceptors (Lipinski definition) is 14. The highest BCUT2D eigenvalue weighted by Gasteiger charge is 2.34. The molecule has 1 heterocycles. The Labute approximate surface area is 440 Å². The zero-order valence-corrected chi connectivity index (χ0v) is 43.5. The molecule has 28 nitrogen and oxygen atoms in total. The van der Waals surface area contributed by atoms with E-state index in [4.69, 9.17) is 28.7 Å². The van der Waals surface area contributed by atoms with Crippen molar-refractivity contribution in [2.24, 2.45) is 45.5 Å². The van der Waals surface area contributed by atoms with Crippen molar-refractivity contribution >= 4 is 71.0 Å². The number of aromatic nitrogens is 2. The molecule has 1 aromatic carbocycles. The van der Waals surface area contributed by atoms with Crippen LogP contribution in [0.15, 0.2) is 47.8 Å². The Hall–Kier alpha value is -8.17. The van der Waals surface area contributed by atoms with Gasteiger partial charge in [0.2, 0.25) is 59.1 Å². The van der Waals surface area contributed by atoms with Gasteiger partial charge >= 0.3 is 5.97 Å². The van der Waals surface area contributed by atoms with Gasteiger partial charge in [0.25, 0.3) is 0 Å². The third-order valence-electron chi connectivity index (χ3n) is 11.3. The van der Waals surface area contributed by atoms with E-state index in [2.05, 4.69) is 57.5 Å². The first-order valence-corrected chi connectivity index (χ1v) is 24.8. The first kappa shape index (κ1) is 63.9. The summed E-state index contributed by atoms with van der Waals surface area (Å²) in [7, 11) is 0. The van der Waals surface area contributed by atoms with Crippen molar-refractivity contribution < 1.29 is 57.8 Å². The predicted octanol–water partition coefficient (Wildman–Crippen LogP) is -4.19. The number of carbonyl (C=O) groups excluding carboxylic acids is 10. The number of carboxylic acids is 1. The second-order valence-corrected chi connectivity index (χ2v) is 19.0. The summed E-state index contributed by atoms with van der Waals surface area (Å²) < 4.78 is 0. The largest absolute Gasteiger partial charge is 0.480 e. The molecule has 2 rings (SSSR count). The fraction of sp³-hybridized carbons (Fsp3) is 0.562. The molecule has 1 aromatic heterocycles. The zero-order chi connectivity index (χ0) is 57.1. The topological polar surface area (TPSA) is 475 Å². The van der Waals surface area contributed by atoms with Crippen LogP contribution in [0.5, 0.6) is 0 Å². The molecule has 28 heteroatoms. The van der Waals surface area contributed by atoms with Crippen LogP contribution in [0.25, 0.3) is 0 Å². The number of carbonyl (C=O) groups is 11. The van der Waals surface area contributed by atoms with Crippen molar-refractivity contribution in [2.75, 3.05) is 13.1 Å². The maximum atomic E-state index is 14.1. The number of nitrogens with two attached hydrogens (primary N) is 5. The Morgan fingerprint density at radius 1 is 0.592 bits per heavy atom. The van der Waals surface area contributed by atoms with Crippen LogP contribution >= 0.6 is 0 Å². The van der Waals surface area contributed by atoms with E-state index < -0.39 is 126 Å². The highest BCUT2D eigenvalue weighted by atomic mass is 16.4. The van der Waals surface area contributed by atoms with Crippen LogP contribution in [0.4, 0.5) is 0 Å². The number of H-pyrrole nitrogens is 1. The van der Waals surface area contributed by atoms with Gasteiger partial charge in [-0.25, -0.2) is 9.78 Å². The first-order chi connectivity index (χ1) is 35.7. The number of amides is 10. The van der Waals surface area contributed by atoms with Crippen molar-refractivity contribution in [3.63, 3.8) is 0 Å². The van der Waals surface area contributed by atoms with Gasteiger partial charge in [-0.05, 0) is 62.8 Å². The van der Waals surface area contributed by atoms with Gasteiger partial charge < -0.3 is 81.3 Å². The number of carboxylic acid groups (broad SMARTS) is 1. The lowest BCUT2D eigenvalue weighted by molar-refractivity contribution is -0.142. The van der Waals surface area contributed by atoms with Gasteiger partial charge in [-0.3, -0.25) is 52.9 Å². The number of nitrogens with one attached hydrogen (secondary N) is 9. The molecule has 0 bridgehead atoms. The van der Waals surface area contributed by atoms with Gasteiger partial charge in [0.05, 0.1) is 18.9 Å². The van der Waals surface area contributed by atoms with Crippen LogP contribution in [0.1, 0.15) is 97.2 Å². The van der Waals surface area contributed by atoms with E-state index >= 15 is 0 Å². The number of guanidine groups is 1. The van der Waals surface area contributed by atoms with Crippen LogP contribution in [0.3, 0.4) is 0 Å². The third kappa shape index (κ3) is 25.2. The molecular formula is C48H76N16O12. The third-order valence-corrected chi connectivity index (χ3v) is 11.3. The number of hydrogen-bond donors (Lipinski definition) is 15. The molecule has 420 valence electrons. The zero-order valence-electron chi connectivity index (χ0n) is 43.5. The smallest absolute Gasteiger partial charge is 0.326 e. The van der Waals surface area contributed by atoms with Gasteiger partial charge in [-0.15, -0.1) is 0 Å². The minimum Gasteiger partial charge on any atom is -0.480 e. The summed E-state index contributed by atoms with van der Waals surface area (Å²) in [5.41, 5.74) is 28.6. The summed E-state index contributed by atoms with van der Waals surface area (Å²) in [6.45, 7) is 8.01. The maximum Gasteiger partial charge on any atom is 0.326 e. The van der Waals surface area contributed by atoms with Crippen LogP contribution < -0.4 is 71.2 Å². The van der Waals surface area contributed by atoms with E-state index in [1.165, 1.54) is 19.4 Å². The summed E-state index contributed by atoms with van der Waals surface area (Å²) in [6, 6.07) is -2.33. The van der Waals surface area contributed by atoms with Crippen LogP contribution in [0, 0.1) is 11.8 Å². The number of aliphatic imine (C=N–C) groups is 1. The molecule has 0 spiro atoms. The average Bonchev–Trinajstić information content (AvgIpc) is 3.86. The van der Waals surface area contributed by atoms with Crippen molar-refractivity contribution in [2.45, 2.75) is 147 Å². The second-order valence-electron chi connectivity index (χ2n) is 19.0. The lowest BCUT2D eigenvalue weighted by atomic mass is 10.0. The molecule has 0 saturated carbocycles. The fourth-order valence-electron chi connectivity index (χ4n) is 7.39. The molecule has 8 atom stereocenters. The van der Waals surface area contributed by atoms with Gasteiger partial charge in [0.1, 0.15) is 42.3 Å². The highest BCUT2D eigenvalue weighted by Crippen LogP contribution is 2.11. The Bertz CT molecular complexity index is 2310. The second kappa shape index (κ2) is 32.9. The predicted molar refractivity (Wildman–Crippen MR) is 276 cm³/mol. The summed E-state index contributed by atoms with van der Waals surface area (Å²) in [4.78, 5) is 155. The summed E-state index contributed by atoms with van der Waals surface area (Å²) in [5.74, 6) is -10.3. The molecule has 2 aromatic rings. The number of rotatable bonds is 35. The van der Waals surface area contributed by atoms with Crippen molar-refractivity contribution in [3.8, 4) is 0 Å². The van der Waals surface area contributed by atoms with Crippen LogP contribution in [-0.4, -0.2) is 147 Å². The molecule has 0 fully saturated rings. The number of imidazole rings is 1. The minimum atomic E-state index is -1.53. The summed E-state index contributed by atoms with van der Waals surface area (Å²) in [6.07, 6.45) is 1.23. The molecule has 0 aliphatic heterocycles. The lowest BCUT2D eigenvalue weighted by Gasteiger charge is -2.27. The molecule has 0 unspecified atom stereocenters. The van der Waals surface area contributed by atoms with E-state index in [-0.39, 0.29) is 75.7 Å². The van der Waals surface area contributed by atoms with Crippen LogP contribution in [0.2, 0.25) is 0 Å². The van der Waals surface area contributed by atoms with Gasteiger partial charge in [-0.1, -0.05) is 58.0 Å². The Balaban J connectivity index is 2.34. The van der Waals surface area contributed by atoms with Gasteiger partial charge in [0.15, 0.2) is 5.96 Å². The minimum absolute atomic E-state index is 0.00194. The number of primary amides is 2. The molecule has 76 heavy (non-hydrogen) atoms. The van der Waals surface area contributed by atoms with Crippen molar-refractivity contribution in [1.29, 1.82) is 0 Å². The maximum absolute atomic E-state index is 14.1. The van der Waals surface area contributed by atoms with Crippen molar-refractivity contribution in [1.82, 2.24) is 52.5 Å². The van der Waals surface area contributed by atoms with E-state index in [9.17, 15) is 57.8 Å². The Morgan fingerprint density at radius 3 is 1.59 bits per heavy atom. The lowest BCUT2D eigenvalue weighted by Crippen LogP contribution is -2.60. The number of nitrogens with zero attached hydrogens (tertiary/aromatic N) is 2. The SMILES string of the molecule is CC(C)C[C@H](NC(=O)[C@H](C)NC(=O)[C@H](CCC(N)=O)NC(=O)[C@H](Cc1ccccc1)NC(=O)CNC(=O)[C@@H](N)CC(C)C)C(=O)N[C@@H](CCCN=C(N)N)C(=O)N[C@@H](CCC(N)=O)C(=O)N[C@@H](Cc1cnc[nH]1)C(=O)O. The molecule has 0 saturated heterocycles. The van der Waals surface area contributed by atoms with E-state index in [0.717, 1.165) is 0 Å². The average molecular weight is 1070 g/mol. The van der Waals surface area contributed by atoms with E-state index in [0.29, 0.717) is 17.7 Å². The van der Waals surface area contributed by atoms with Gasteiger partial charge in [0, 0.05) is 44.1 Å². The van der Waals surface area contributed by atoms with Crippen LogP contribution in [-0.2, 0) is 65.6 Å². The Kier molecular flexibility index (Phi) is 27.7. The summed E-state index contributed by atoms with van der Waals surface area (Å²) in [5, 5.41) is 29.8. The monoisotopic (exact) mass is 1070 g/mol. The number of benzene rings is 1. The van der Waals surface area contributed by atoms with Gasteiger partial charge in [-0.2, -0.15) is 0 Å². The summed E-state index contributed by atoms with van der Waals surface area (Å²) >= 11 is 0. The molecule has 0 aliphatic carbocycles. The number of aliphatic carboxylic acids is 1. The normalized spacial score (nSPS) is 14.2.